The SMILES string of the molecule is CO/N=C(/C[N+]12CN3CN(CN(C3)C1)C2)c1ccc(I)cc1.COCN1CCC2N(COC)CCC3N(COC)CCC1N23.CS(=O)(=O)c1ccc(C[N+]23CN4CN(CN(C4)C2)C3)cc1.O=C(C[N+]12CN3CN(CN(C3)C1)C2)c1ccc2c(c1)CCCC2. The average Bonchev–Trinajstić information content (AvgIpc) is 1.81. The summed E-state index contributed by atoms with van der Waals surface area (Å²) in [5.41, 5.74) is 7.23. The number of halogens is 1. The standard InChI is InChI=1S/C18H25N4O.C15H21IN5O.C15H30N4O3.C14H21N4O2S/c23-18(17-6-5-15-3-1-2-4-16(15)7-17)8-22-12-19-9-20(13-22)11-21(10-19)14-22;1-22-17-15(13-2-4-14(16)5-3-13)6-21-10-18-7-19(11-21)9-20(8-18)12-21;1-20-10-16-7-4-14-18(12-22-3)9-6-15-17(11-21-2)8-5-13(16)19(14)15;1-21(19,20)14-4-2-13(3-5-14)6-18-10-15-7-16(11-18)9-17(8-15)12-18/h5-7H,1-4,8-14H2;2-5H,6-12H2,1H3;13-15H,4-12H2,1-3H3;2-5H,6-12H2,1H3/q2*+1;;+1/b;17-15-;;. The minimum absolute atomic E-state index is 0.323. The zero-order valence-electron chi connectivity index (χ0n) is 52.9. The molecule has 482 valence electrons. The number of ketones is 1. The summed E-state index contributed by atoms with van der Waals surface area (Å²) in [6, 6.07) is 22.4. The molecular formula is C62H97IN17O7S+3. The van der Waals surface area contributed by atoms with E-state index in [-0.39, 0.29) is 0 Å². The summed E-state index contributed by atoms with van der Waals surface area (Å²) in [7, 11) is 3.90. The van der Waals surface area contributed by atoms with E-state index in [9.17, 15) is 13.2 Å². The molecular weight excluding hydrogens is 1250 g/mol. The van der Waals surface area contributed by atoms with Gasteiger partial charge in [-0.2, -0.15) is 0 Å². The van der Waals surface area contributed by atoms with Crippen LogP contribution in [0.3, 0.4) is 0 Å². The number of carbonyl (C=O) groups is 1. The van der Waals surface area contributed by atoms with Gasteiger partial charge in [-0.1, -0.05) is 41.6 Å². The maximum absolute atomic E-state index is 12.9. The van der Waals surface area contributed by atoms with Crippen LogP contribution in [0.4, 0.5) is 0 Å². The number of sulfone groups is 1. The number of hydrogen-bond acceptors (Lipinski definition) is 21. The Morgan fingerprint density at radius 3 is 1.33 bits per heavy atom. The van der Waals surface area contributed by atoms with E-state index in [0.29, 0.717) is 35.7 Å². The highest BCUT2D eigenvalue weighted by molar-refractivity contribution is 14.1. The van der Waals surface area contributed by atoms with Crippen LogP contribution in [0, 0.1) is 3.57 Å². The Bertz CT molecular complexity index is 2900. The van der Waals surface area contributed by atoms with Gasteiger partial charge in [0, 0.05) is 67.5 Å². The van der Waals surface area contributed by atoms with Gasteiger partial charge in [-0.3, -0.25) is 37.8 Å². The van der Waals surface area contributed by atoms with Crippen molar-refractivity contribution in [1.82, 2.24) is 63.7 Å². The van der Waals surface area contributed by atoms with Gasteiger partial charge in [0.2, 0.25) is 5.78 Å². The van der Waals surface area contributed by atoms with Crippen LogP contribution in [0.5, 0.6) is 0 Å². The molecule has 0 saturated carbocycles. The molecule has 24 nitrogen and oxygen atoms in total. The fraction of sp³-hybridized carbons (Fsp3) is 0.677. The molecule has 3 atom stereocenters. The summed E-state index contributed by atoms with van der Waals surface area (Å²) in [6.07, 6.45) is 11.0. The lowest BCUT2D eigenvalue weighted by atomic mass is 9.89. The predicted molar refractivity (Wildman–Crippen MR) is 341 cm³/mol. The number of fused-ring (bicyclic) bond motifs is 1. The molecule has 0 amide bonds. The quantitative estimate of drug-likeness (QED) is 0.0682. The Morgan fingerprint density at radius 1 is 0.523 bits per heavy atom. The second-order valence-corrected chi connectivity index (χ2v) is 31.0. The Balaban J connectivity index is 0.000000108. The molecule has 0 radical (unpaired) electrons. The van der Waals surface area contributed by atoms with Crippen LogP contribution in [0.15, 0.2) is 76.8 Å². The van der Waals surface area contributed by atoms with Crippen molar-refractivity contribution in [2.24, 2.45) is 5.16 Å². The van der Waals surface area contributed by atoms with Crippen molar-refractivity contribution in [3.05, 3.63) is 98.1 Å². The second kappa shape index (κ2) is 27.0. The molecule has 26 heteroatoms. The second-order valence-electron chi connectivity index (χ2n) is 27.8. The van der Waals surface area contributed by atoms with Crippen LogP contribution < -0.4 is 0 Å². The zero-order chi connectivity index (χ0) is 60.8. The van der Waals surface area contributed by atoms with E-state index in [0.717, 1.165) is 229 Å². The number of Topliss-reactive ketones (excluding diaryl/α,β-unsaturated/α-hetero) is 1. The molecule has 15 heterocycles. The van der Waals surface area contributed by atoms with Crippen molar-refractivity contribution in [2.75, 3.05) is 208 Å². The highest BCUT2D eigenvalue weighted by atomic mass is 127. The third-order valence-electron chi connectivity index (χ3n) is 20.2. The summed E-state index contributed by atoms with van der Waals surface area (Å²) >= 11 is 2.33. The third kappa shape index (κ3) is 14.1. The van der Waals surface area contributed by atoms with Crippen molar-refractivity contribution in [1.29, 1.82) is 0 Å². The molecule has 88 heavy (non-hydrogen) atoms. The molecule has 15 saturated heterocycles. The zero-order valence-corrected chi connectivity index (χ0v) is 55.8. The van der Waals surface area contributed by atoms with Gasteiger partial charge in [-0.05, 0) is 109 Å². The number of oxime groups is 1. The van der Waals surface area contributed by atoms with E-state index in [1.54, 1.807) is 40.6 Å². The van der Waals surface area contributed by atoms with Crippen molar-refractivity contribution in [2.45, 2.75) is 74.9 Å². The largest absolute Gasteiger partial charge is 0.399 e. The van der Waals surface area contributed by atoms with Crippen molar-refractivity contribution >= 4 is 43.9 Å². The van der Waals surface area contributed by atoms with Crippen molar-refractivity contribution in [3.63, 3.8) is 0 Å². The topological polar surface area (TPSA) is 143 Å². The third-order valence-corrected chi connectivity index (χ3v) is 22.0. The molecule has 0 spiro atoms. The summed E-state index contributed by atoms with van der Waals surface area (Å²) in [4.78, 5) is 51.0. The molecule has 3 unspecified atom stereocenters. The van der Waals surface area contributed by atoms with Gasteiger partial charge in [0.25, 0.3) is 0 Å². The number of rotatable bonds is 16. The maximum Gasteiger partial charge on any atom is 0.217 e. The lowest BCUT2D eigenvalue weighted by Crippen LogP contribution is -2.79. The summed E-state index contributed by atoms with van der Waals surface area (Å²) < 4.78 is 43.5. The molecule has 15 fully saturated rings. The number of benzene rings is 3. The first kappa shape index (κ1) is 63.5. The van der Waals surface area contributed by atoms with Gasteiger partial charge in [0.15, 0.2) is 9.84 Å². The molecule has 3 aromatic carbocycles. The Morgan fingerprint density at radius 2 is 0.920 bits per heavy atom. The van der Waals surface area contributed by atoms with Crippen LogP contribution in [-0.2, 0) is 48.3 Å². The van der Waals surface area contributed by atoms with Crippen LogP contribution in [-0.4, -0.2) is 323 Å². The minimum atomic E-state index is -3.10. The molecule has 0 aromatic heterocycles. The van der Waals surface area contributed by atoms with Gasteiger partial charge in [-0.25, -0.2) is 52.5 Å². The van der Waals surface area contributed by atoms with E-state index in [1.807, 2.05) is 12.1 Å². The molecule has 12 bridgehead atoms. The highest BCUT2D eigenvalue weighted by Gasteiger charge is 2.53. The number of quaternary nitrogens is 3. The maximum atomic E-state index is 12.9. The van der Waals surface area contributed by atoms with Gasteiger partial charge < -0.3 is 19.0 Å². The first-order valence-electron chi connectivity index (χ1n) is 31.9. The minimum Gasteiger partial charge on any atom is -0.399 e. The smallest absolute Gasteiger partial charge is 0.217 e. The molecule has 15 aliphatic heterocycles. The van der Waals surface area contributed by atoms with Crippen molar-refractivity contribution < 1.29 is 45.7 Å². The van der Waals surface area contributed by atoms with Gasteiger partial charge in [0.05, 0.1) is 104 Å². The number of hydrogen-bond donors (Lipinski definition) is 0. The predicted octanol–water partition coefficient (Wildman–Crippen LogP) is 2.70. The van der Waals surface area contributed by atoms with E-state index >= 15 is 0 Å². The summed E-state index contributed by atoms with van der Waals surface area (Å²) in [5.74, 6) is 0.323. The number of aryl methyl sites for hydroxylation is 2. The van der Waals surface area contributed by atoms with Gasteiger partial charge >= 0.3 is 0 Å². The fourth-order valence-electron chi connectivity index (χ4n) is 17.6. The summed E-state index contributed by atoms with van der Waals surface area (Å²) in [5, 5.41) is 4.34. The summed E-state index contributed by atoms with van der Waals surface area (Å²) in [6.45, 7) is 27.5. The van der Waals surface area contributed by atoms with Crippen LogP contribution in [0.1, 0.15) is 64.7 Å². The normalized spacial score (nSPS) is 36.7. The Hall–Kier alpha value is -3.28. The first-order chi connectivity index (χ1) is 42.6. The number of ether oxygens (including phenoxy) is 3. The van der Waals surface area contributed by atoms with Crippen molar-refractivity contribution in [3.8, 4) is 0 Å². The number of carbonyl (C=O) groups excluding carboxylic acids is 1. The van der Waals surface area contributed by atoms with E-state index < -0.39 is 9.84 Å². The van der Waals surface area contributed by atoms with Gasteiger partial charge in [0.1, 0.15) is 92.5 Å². The van der Waals surface area contributed by atoms with Crippen LogP contribution in [0.25, 0.3) is 0 Å². The molecule has 19 rings (SSSR count). The van der Waals surface area contributed by atoms with E-state index in [2.05, 4.69) is 134 Å². The first-order valence-corrected chi connectivity index (χ1v) is 34.9. The number of methoxy groups -OCH3 is 3. The average molecular weight is 1350 g/mol. The molecule has 0 N–H and O–H groups in total. The number of nitrogens with zero attached hydrogens (tertiary/aromatic N) is 17. The molecule has 1 aliphatic carbocycles. The monoisotopic (exact) mass is 1350 g/mol. The highest BCUT2D eigenvalue weighted by Crippen LogP contribution is 2.38. The fourth-order valence-corrected chi connectivity index (χ4v) is 18.6. The lowest BCUT2D eigenvalue weighted by Gasteiger charge is -2.61. The van der Waals surface area contributed by atoms with Crippen LogP contribution in [0.2, 0.25) is 0 Å². The van der Waals surface area contributed by atoms with E-state index in [1.165, 1.54) is 45.8 Å². The van der Waals surface area contributed by atoms with Crippen LogP contribution >= 0.6 is 22.6 Å². The Labute approximate surface area is 536 Å². The van der Waals surface area contributed by atoms with E-state index in [4.69, 9.17) is 19.0 Å². The Kier molecular flexibility index (Phi) is 19.5. The molecule has 16 aliphatic rings. The molecule has 3 aromatic rings. The van der Waals surface area contributed by atoms with Gasteiger partial charge in [-0.15, -0.1) is 0 Å². The lowest BCUT2D eigenvalue weighted by molar-refractivity contribution is -0.991.